The van der Waals surface area contributed by atoms with Crippen molar-refractivity contribution >= 4 is 17.0 Å². The van der Waals surface area contributed by atoms with Gasteiger partial charge in [-0.2, -0.15) is 0 Å². The molecule has 0 N–H and O–H groups in total. The van der Waals surface area contributed by atoms with Gasteiger partial charge in [0.05, 0.1) is 0 Å². The zero-order valence-electron chi connectivity index (χ0n) is 20.1. The first-order valence-corrected chi connectivity index (χ1v) is 17.8. The summed E-state index contributed by atoms with van der Waals surface area (Å²) in [6, 6.07) is 11.5. The first kappa shape index (κ1) is 28.7. The summed E-state index contributed by atoms with van der Waals surface area (Å²) in [6.45, 7) is 10.1. The Hall–Kier alpha value is 0.683. The summed E-state index contributed by atoms with van der Waals surface area (Å²) in [4.78, 5) is 0. The summed E-state index contributed by atoms with van der Waals surface area (Å²) in [7, 11) is 9.87. The van der Waals surface area contributed by atoms with E-state index in [1.54, 1.807) is 5.56 Å². The van der Waals surface area contributed by atoms with Gasteiger partial charge in [0.15, 0.2) is 0 Å². The number of rotatable bonds is 3. The van der Waals surface area contributed by atoms with Crippen LogP contribution in [0.4, 0.5) is 0 Å². The van der Waals surface area contributed by atoms with Crippen LogP contribution in [0.25, 0.3) is 0 Å². The van der Waals surface area contributed by atoms with Crippen molar-refractivity contribution in [3.63, 3.8) is 0 Å². The first-order chi connectivity index (χ1) is 13.5. The Labute approximate surface area is 207 Å². The molecule has 0 spiro atoms. The second-order valence-corrected chi connectivity index (χ2v) is 13.8. The molecule has 0 heterocycles. The van der Waals surface area contributed by atoms with Gasteiger partial charge in [0, 0.05) is 0 Å². The molecular weight excluding hydrogens is 486 g/mol. The zero-order chi connectivity index (χ0) is 20.3. The summed E-state index contributed by atoms with van der Waals surface area (Å²) < 4.78 is 0. The molecule has 3 fully saturated rings. The molecule has 0 nitrogen and oxygen atoms in total. The fraction of sp³-hybridized carbons (Fsp3) is 0.704. The van der Waals surface area contributed by atoms with Gasteiger partial charge in [0.1, 0.15) is 0 Å². The topological polar surface area (TPSA) is 0 Å². The Kier molecular flexibility index (Phi) is 12.8. The maximum absolute atomic E-state index is 4.93. The van der Waals surface area contributed by atoms with Gasteiger partial charge in [0.25, 0.3) is 0 Å². The molecular formula is C27H44Cl2Zr. The molecule has 0 saturated heterocycles. The fourth-order valence-corrected chi connectivity index (χ4v) is 7.32. The quantitative estimate of drug-likeness (QED) is 0.341. The van der Waals surface area contributed by atoms with Crippen LogP contribution >= 0.6 is 17.0 Å². The van der Waals surface area contributed by atoms with Gasteiger partial charge in [-0.1, -0.05) is 64.4 Å². The van der Waals surface area contributed by atoms with Crippen molar-refractivity contribution in [2.45, 2.75) is 72.1 Å². The summed E-state index contributed by atoms with van der Waals surface area (Å²) in [5.41, 5.74) is 1.63. The molecule has 0 bridgehead atoms. The predicted octanol–water partition coefficient (Wildman–Crippen LogP) is 9.44. The van der Waals surface area contributed by atoms with Gasteiger partial charge in [-0.05, 0) is 90.9 Å². The summed E-state index contributed by atoms with van der Waals surface area (Å²) in [5, 5.41) is 0. The molecule has 3 aliphatic carbocycles. The summed E-state index contributed by atoms with van der Waals surface area (Å²) in [5.74, 6) is 8.53. The van der Waals surface area contributed by atoms with Gasteiger partial charge in [-0.3, -0.25) is 0 Å². The monoisotopic (exact) mass is 528 g/mol. The van der Waals surface area contributed by atoms with E-state index >= 15 is 0 Å². The van der Waals surface area contributed by atoms with Gasteiger partial charge >= 0.3 is 37.9 Å². The average molecular weight is 531 g/mol. The molecule has 0 radical (unpaired) electrons. The van der Waals surface area contributed by atoms with E-state index in [0.29, 0.717) is 0 Å². The molecule has 0 amide bonds. The second kappa shape index (κ2) is 13.4. The Bertz CT molecular complexity index is 578. The van der Waals surface area contributed by atoms with Crippen LogP contribution in [0.1, 0.15) is 77.7 Å². The molecule has 4 rings (SSSR count). The van der Waals surface area contributed by atoms with Crippen molar-refractivity contribution in [1.29, 1.82) is 0 Å². The SMILES string of the molecule is CC1C(C)C(C)C(CC2CCC3C(c4ccccc4)CCCC23)C1C.[CH3-].[CH3-].[Cl][Zr+2][Cl]. The Balaban J connectivity index is 0.000000851. The molecule has 8 atom stereocenters. The number of benzene rings is 1. The van der Waals surface area contributed by atoms with Crippen molar-refractivity contribution in [1.82, 2.24) is 0 Å². The van der Waals surface area contributed by atoms with E-state index in [0.717, 1.165) is 53.3 Å². The van der Waals surface area contributed by atoms with Crippen molar-refractivity contribution in [2.24, 2.45) is 47.3 Å². The van der Waals surface area contributed by atoms with E-state index in [9.17, 15) is 0 Å². The number of halogens is 2. The van der Waals surface area contributed by atoms with Crippen LogP contribution in [-0.4, -0.2) is 0 Å². The molecule has 3 aliphatic rings. The minimum absolute atomic E-state index is 0. The molecule has 0 aliphatic heterocycles. The van der Waals surface area contributed by atoms with Gasteiger partial charge in [-0.25, -0.2) is 0 Å². The Morgan fingerprint density at radius 3 is 1.90 bits per heavy atom. The van der Waals surface area contributed by atoms with Crippen LogP contribution in [0.3, 0.4) is 0 Å². The van der Waals surface area contributed by atoms with E-state index in [1.165, 1.54) is 38.5 Å². The average Bonchev–Trinajstić information content (AvgIpc) is 3.20. The maximum atomic E-state index is 4.93. The molecule has 8 unspecified atom stereocenters. The van der Waals surface area contributed by atoms with E-state index in [-0.39, 0.29) is 14.9 Å². The van der Waals surface area contributed by atoms with Crippen LogP contribution in [0.2, 0.25) is 0 Å². The van der Waals surface area contributed by atoms with Crippen molar-refractivity contribution in [2.75, 3.05) is 0 Å². The second-order valence-electron chi connectivity index (χ2n) is 10.0. The fourth-order valence-electron chi connectivity index (χ4n) is 7.32. The van der Waals surface area contributed by atoms with Crippen molar-refractivity contribution in [3.05, 3.63) is 50.7 Å². The molecule has 0 aromatic heterocycles. The number of hydrogen-bond acceptors (Lipinski definition) is 0. The van der Waals surface area contributed by atoms with E-state index in [4.69, 9.17) is 17.0 Å². The Morgan fingerprint density at radius 1 is 0.767 bits per heavy atom. The van der Waals surface area contributed by atoms with Crippen LogP contribution in [0.5, 0.6) is 0 Å². The van der Waals surface area contributed by atoms with Crippen LogP contribution in [-0.2, 0) is 20.8 Å². The van der Waals surface area contributed by atoms with Crippen molar-refractivity contribution in [3.8, 4) is 0 Å². The normalized spacial score (nSPS) is 39.5. The van der Waals surface area contributed by atoms with Gasteiger partial charge in [-0.15, -0.1) is 0 Å². The first-order valence-electron chi connectivity index (χ1n) is 11.5. The van der Waals surface area contributed by atoms with E-state index in [2.05, 4.69) is 58.0 Å². The summed E-state index contributed by atoms with van der Waals surface area (Å²) in [6.07, 6.45) is 8.94. The standard InChI is InChI=1S/C25H38.2CH3.2ClH.Zr/c1-16-17(2)19(4)25(18(16)3)15-21-13-14-24-22(11-8-12-23(21)24)20-9-6-5-7-10-20;;;;;/h5-7,9-10,16-19,21-25H,8,11-15H2,1-4H3;2*1H3;2*1H;/q;2*-1;;;+4/p-2. The molecule has 3 heteroatoms. The van der Waals surface area contributed by atoms with Crippen molar-refractivity contribution < 1.29 is 20.8 Å². The minimum atomic E-state index is -0.826. The van der Waals surface area contributed by atoms with Gasteiger partial charge < -0.3 is 14.9 Å². The van der Waals surface area contributed by atoms with Crippen LogP contribution in [0.15, 0.2) is 30.3 Å². The molecule has 1 aromatic rings. The summed E-state index contributed by atoms with van der Waals surface area (Å²) >= 11 is -0.826. The third-order valence-electron chi connectivity index (χ3n) is 9.24. The third-order valence-corrected chi connectivity index (χ3v) is 9.24. The van der Waals surface area contributed by atoms with E-state index < -0.39 is 20.8 Å². The predicted molar refractivity (Wildman–Crippen MR) is 132 cm³/mol. The van der Waals surface area contributed by atoms with Crippen LogP contribution in [0, 0.1) is 62.2 Å². The molecule has 1 aromatic carbocycles. The van der Waals surface area contributed by atoms with Crippen LogP contribution < -0.4 is 0 Å². The molecule has 30 heavy (non-hydrogen) atoms. The van der Waals surface area contributed by atoms with E-state index in [1.807, 2.05) is 0 Å². The molecule has 3 saturated carbocycles. The molecule has 170 valence electrons. The zero-order valence-corrected chi connectivity index (χ0v) is 24.1. The van der Waals surface area contributed by atoms with Gasteiger partial charge in [0.2, 0.25) is 0 Å². The number of hydrogen-bond donors (Lipinski definition) is 0. The Morgan fingerprint density at radius 2 is 1.33 bits per heavy atom. The number of fused-ring (bicyclic) bond motifs is 1. The third kappa shape index (κ3) is 6.17.